The van der Waals surface area contributed by atoms with Crippen LogP contribution in [0, 0.1) is 24.7 Å². The van der Waals surface area contributed by atoms with Gasteiger partial charge in [0.15, 0.2) is 5.78 Å². The minimum atomic E-state index is -0.379. The molecule has 3 heteroatoms. The number of benzene rings is 2. The molecule has 2 bridgehead atoms. The van der Waals surface area contributed by atoms with Gasteiger partial charge in [-0.2, -0.15) is 0 Å². The number of hydrogen-bond acceptors (Lipinski definition) is 3. The van der Waals surface area contributed by atoms with Gasteiger partial charge in [0.2, 0.25) is 0 Å². The molecule has 0 N–H and O–H groups in total. The van der Waals surface area contributed by atoms with Crippen molar-refractivity contribution in [3.8, 4) is 0 Å². The molecule has 2 aliphatic rings. The molecule has 0 aromatic heterocycles. The third kappa shape index (κ3) is 2.91. The van der Waals surface area contributed by atoms with Crippen LogP contribution >= 0.6 is 0 Å². The van der Waals surface area contributed by atoms with Crippen LogP contribution in [-0.2, 0) is 4.74 Å². The molecule has 3 nitrogen and oxygen atoms in total. The van der Waals surface area contributed by atoms with E-state index in [1.165, 1.54) is 0 Å². The molecule has 1 fully saturated rings. The number of esters is 1. The van der Waals surface area contributed by atoms with E-state index in [-0.39, 0.29) is 35.6 Å². The summed E-state index contributed by atoms with van der Waals surface area (Å²) in [5.41, 5.74) is 2.24. The fourth-order valence-electron chi connectivity index (χ4n) is 4.04. The van der Waals surface area contributed by atoms with Gasteiger partial charge in [0.05, 0.1) is 11.5 Å². The largest absolute Gasteiger partial charge is 0.457 e. The lowest BCUT2D eigenvalue weighted by Crippen LogP contribution is -2.35. The molecule has 0 aliphatic heterocycles. The van der Waals surface area contributed by atoms with E-state index < -0.39 is 0 Å². The van der Waals surface area contributed by atoms with Crippen LogP contribution in [0.25, 0.3) is 0 Å². The van der Waals surface area contributed by atoms with Crippen molar-refractivity contribution < 1.29 is 14.3 Å². The first-order valence-electron chi connectivity index (χ1n) is 8.69. The van der Waals surface area contributed by atoms with E-state index >= 15 is 0 Å². The van der Waals surface area contributed by atoms with Gasteiger partial charge in [0.1, 0.15) is 6.10 Å². The van der Waals surface area contributed by atoms with Crippen molar-refractivity contribution in [1.82, 2.24) is 0 Å². The van der Waals surface area contributed by atoms with Gasteiger partial charge < -0.3 is 4.74 Å². The van der Waals surface area contributed by atoms with Crippen LogP contribution in [0.3, 0.4) is 0 Å². The summed E-state index contributed by atoms with van der Waals surface area (Å²) in [6.45, 7) is 1.94. The second-order valence-corrected chi connectivity index (χ2v) is 6.94. The molecule has 0 amide bonds. The monoisotopic (exact) mass is 332 g/mol. The van der Waals surface area contributed by atoms with Gasteiger partial charge >= 0.3 is 5.97 Å². The van der Waals surface area contributed by atoms with Crippen molar-refractivity contribution in [2.24, 2.45) is 17.8 Å². The number of hydrogen-bond donors (Lipinski definition) is 0. The maximum Gasteiger partial charge on any atom is 0.338 e. The Kier molecular flexibility index (Phi) is 4.00. The Hall–Kier alpha value is -2.68. The van der Waals surface area contributed by atoms with Crippen molar-refractivity contribution in [2.75, 3.05) is 0 Å². The van der Waals surface area contributed by atoms with Crippen molar-refractivity contribution in [1.29, 1.82) is 0 Å². The quantitative estimate of drug-likeness (QED) is 0.478. The molecule has 0 saturated heterocycles. The standard InChI is InChI=1S/C22H20O3/c1-14-6-5-9-18(12-14)22(24)25-21-17-11-10-16(13-17)19(21)20(23)15-7-3-2-4-8-15/h2-12,16-17,19,21H,13H2,1H3/t16-,17+,19+,21-/m0/s1. The second-order valence-electron chi connectivity index (χ2n) is 6.94. The Morgan fingerprint density at radius 3 is 2.40 bits per heavy atom. The number of fused-ring (bicyclic) bond motifs is 2. The van der Waals surface area contributed by atoms with Gasteiger partial charge in [-0.1, -0.05) is 60.2 Å². The van der Waals surface area contributed by atoms with E-state index in [0.29, 0.717) is 11.1 Å². The molecule has 4 atom stereocenters. The van der Waals surface area contributed by atoms with E-state index in [0.717, 1.165) is 12.0 Å². The van der Waals surface area contributed by atoms with Crippen LogP contribution in [0.5, 0.6) is 0 Å². The van der Waals surface area contributed by atoms with Gasteiger partial charge in [0, 0.05) is 11.5 Å². The maximum absolute atomic E-state index is 13.0. The van der Waals surface area contributed by atoms with E-state index in [1.807, 2.05) is 55.5 Å². The smallest absolute Gasteiger partial charge is 0.338 e. The van der Waals surface area contributed by atoms with Gasteiger partial charge in [-0.15, -0.1) is 0 Å². The lowest BCUT2D eigenvalue weighted by atomic mass is 9.84. The van der Waals surface area contributed by atoms with Crippen LogP contribution in [-0.4, -0.2) is 17.9 Å². The zero-order valence-electron chi connectivity index (χ0n) is 14.1. The number of carbonyl (C=O) groups is 2. The average molecular weight is 332 g/mol. The minimum absolute atomic E-state index is 0.0690. The Balaban J connectivity index is 1.58. The third-order valence-electron chi connectivity index (χ3n) is 5.24. The predicted octanol–water partition coefficient (Wildman–Crippen LogP) is 4.23. The topological polar surface area (TPSA) is 43.4 Å². The SMILES string of the molecule is Cc1cccc(C(=O)O[C@@H]2[C@@H](C(=O)c3ccccc3)[C@H]3C=C[C@@H]2C3)c1. The van der Waals surface area contributed by atoms with E-state index in [9.17, 15) is 9.59 Å². The van der Waals surface area contributed by atoms with Gasteiger partial charge in [0.25, 0.3) is 0 Å². The van der Waals surface area contributed by atoms with E-state index in [4.69, 9.17) is 4.74 Å². The number of rotatable bonds is 4. The third-order valence-corrected chi connectivity index (χ3v) is 5.24. The number of carbonyl (C=O) groups excluding carboxylic acids is 2. The van der Waals surface area contributed by atoms with Crippen molar-refractivity contribution in [3.63, 3.8) is 0 Å². The Labute approximate surface area is 147 Å². The molecule has 1 saturated carbocycles. The zero-order valence-corrected chi connectivity index (χ0v) is 14.1. The van der Waals surface area contributed by atoms with Crippen molar-refractivity contribution in [3.05, 3.63) is 83.4 Å². The van der Waals surface area contributed by atoms with Crippen LogP contribution in [0.2, 0.25) is 0 Å². The first-order valence-corrected chi connectivity index (χ1v) is 8.69. The Morgan fingerprint density at radius 1 is 0.920 bits per heavy atom. The normalized spacial score (nSPS) is 26.6. The van der Waals surface area contributed by atoms with Crippen LogP contribution < -0.4 is 0 Å². The van der Waals surface area contributed by atoms with Gasteiger partial charge in [-0.3, -0.25) is 4.79 Å². The lowest BCUT2D eigenvalue weighted by molar-refractivity contribution is 0.0113. The molecule has 0 unspecified atom stereocenters. The highest BCUT2D eigenvalue weighted by Crippen LogP contribution is 2.46. The molecular weight excluding hydrogens is 312 g/mol. The van der Waals surface area contributed by atoms with Gasteiger partial charge in [-0.05, 0) is 31.4 Å². The number of aryl methyl sites for hydroxylation is 1. The number of ether oxygens (including phenoxy) is 1. The van der Waals surface area contributed by atoms with Crippen molar-refractivity contribution >= 4 is 11.8 Å². The first kappa shape index (κ1) is 15.8. The molecule has 0 heterocycles. The van der Waals surface area contributed by atoms with Gasteiger partial charge in [-0.25, -0.2) is 4.79 Å². The molecule has 4 rings (SSSR count). The molecule has 2 aliphatic carbocycles. The summed E-state index contributed by atoms with van der Waals surface area (Å²) in [4.78, 5) is 25.6. The summed E-state index contributed by atoms with van der Waals surface area (Å²) < 4.78 is 5.83. The summed E-state index contributed by atoms with van der Waals surface area (Å²) >= 11 is 0. The first-order chi connectivity index (χ1) is 12.1. The lowest BCUT2D eigenvalue weighted by Gasteiger charge is -2.27. The summed E-state index contributed by atoms with van der Waals surface area (Å²) in [7, 11) is 0. The highest BCUT2D eigenvalue weighted by atomic mass is 16.5. The van der Waals surface area contributed by atoms with Crippen LogP contribution in [0.1, 0.15) is 32.7 Å². The van der Waals surface area contributed by atoms with Crippen LogP contribution in [0.4, 0.5) is 0 Å². The predicted molar refractivity (Wildman–Crippen MR) is 95.4 cm³/mol. The highest BCUT2D eigenvalue weighted by Gasteiger charge is 2.50. The molecule has 2 aromatic carbocycles. The Morgan fingerprint density at radius 2 is 1.64 bits per heavy atom. The summed E-state index contributed by atoms with van der Waals surface area (Å²) in [6, 6.07) is 16.7. The fraction of sp³-hybridized carbons (Fsp3) is 0.273. The summed E-state index contributed by atoms with van der Waals surface area (Å²) in [5.74, 6) is -0.268. The summed E-state index contributed by atoms with van der Waals surface area (Å²) in [6.07, 6.45) is 4.70. The molecule has 0 radical (unpaired) electrons. The molecule has 25 heavy (non-hydrogen) atoms. The fourth-order valence-corrected chi connectivity index (χ4v) is 4.04. The Bertz CT molecular complexity index is 837. The van der Waals surface area contributed by atoms with E-state index in [1.54, 1.807) is 6.07 Å². The second kappa shape index (κ2) is 6.32. The molecule has 0 spiro atoms. The molecular formula is C22H20O3. The number of allylic oxidation sites excluding steroid dienone is 1. The highest BCUT2D eigenvalue weighted by molar-refractivity contribution is 5.99. The average Bonchev–Trinajstić information content (AvgIpc) is 3.23. The van der Waals surface area contributed by atoms with E-state index in [2.05, 4.69) is 12.2 Å². The van der Waals surface area contributed by atoms with Crippen molar-refractivity contribution in [2.45, 2.75) is 19.4 Å². The minimum Gasteiger partial charge on any atom is -0.457 e. The number of Topliss-reactive ketones (excluding diaryl/α,β-unsaturated/α-hetero) is 1. The zero-order chi connectivity index (χ0) is 17.4. The summed E-state index contributed by atoms with van der Waals surface area (Å²) in [5, 5.41) is 0. The van der Waals surface area contributed by atoms with Crippen LogP contribution in [0.15, 0.2) is 66.7 Å². The molecule has 126 valence electrons. The molecule has 2 aromatic rings. The maximum atomic E-state index is 13.0. The number of ketones is 1.